The first kappa shape index (κ1) is 13.3. The van der Waals surface area contributed by atoms with E-state index >= 15 is 0 Å². The number of carbonyl (C=O) groups is 1. The fourth-order valence-electron chi connectivity index (χ4n) is 1.40. The maximum absolute atomic E-state index is 11.9. The molecule has 7 heteroatoms. The van der Waals surface area contributed by atoms with E-state index in [9.17, 15) is 9.59 Å². The molecule has 0 atom stereocenters. The molecule has 1 aromatic carbocycles. The van der Waals surface area contributed by atoms with Crippen molar-refractivity contribution in [3.05, 3.63) is 50.9 Å². The Hall–Kier alpha value is -2.15. The monoisotopic (exact) mass is 323 g/mol. The molecule has 0 fully saturated rings. The van der Waals surface area contributed by atoms with Crippen LogP contribution in [0, 0.1) is 0 Å². The third-order valence-electron chi connectivity index (χ3n) is 2.32. The van der Waals surface area contributed by atoms with Crippen LogP contribution in [-0.4, -0.2) is 23.2 Å². The number of aromatic nitrogens is 2. The van der Waals surface area contributed by atoms with Crippen molar-refractivity contribution < 1.29 is 9.53 Å². The number of amides is 1. The summed E-state index contributed by atoms with van der Waals surface area (Å²) in [4.78, 5) is 22.7. The van der Waals surface area contributed by atoms with Gasteiger partial charge < -0.3 is 10.1 Å². The summed E-state index contributed by atoms with van der Waals surface area (Å²) in [7, 11) is 1.54. The molecular weight excluding hydrogens is 314 g/mol. The van der Waals surface area contributed by atoms with Crippen LogP contribution in [0.3, 0.4) is 0 Å². The highest BCUT2D eigenvalue weighted by Gasteiger charge is 2.09. The van der Waals surface area contributed by atoms with Crippen LogP contribution < -0.4 is 15.6 Å². The third kappa shape index (κ3) is 3.19. The Labute approximate surface area is 116 Å². The van der Waals surface area contributed by atoms with E-state index in [1.165, 1.54) is 19.2 Å². The van der Waals surface area contributed by atoms with Crippen molar-refractivity contribution in [1.82, 2.24) is 10.2 Å². The fraction of sp³-hybridized carbons (Fsp3) is 0.0833. The van der Waals surface area contributed by atoms with E-state index in [-0.39, 0.29) is 11.3 Å². The van der Waals surface area contributed by atoms with E-state index < -0.39 is 5.91 Å². The minimum atomic E-state index is -0.416. The zero-order valence-corrected chi connectivity index (χ0v) is 11.5. The average molecular weight is 324 g/mol. The van der Waals surface area contributed by atoms with Gasteiger partial charge in [-0.1, -0.05) is 0 Å². The number of nitrogens with one attached hydrogen (secondary N) is 2. The van der Waals surface area contributed by atoms with Gasteiger partial charge >= 0.3 is 0 Å². The Balaban J connectivity index is 2.19. The minimum absolute atomic E-state index is 0.126. The molecule has 1 heterocycles. The number of aromatic amines is 1. The number of methoxy groups -OCH3 is 1. The van der Waals surface area contributed by atoms with Crippen molar-refractivity contribution in [2.75, 3.05) is 12.4 Å². The largest absolute Gasteiger partial charge is 0.495 e. The Kier molecular flexibility index (Phi) is 3.96. The predicted molar refractivity (Wildman–Crippen MR) is 73.5 cm³/mol. The lowest BCUT2D eigenvalue weighted by Gasteiger charge is -2.07. The van der Waals surface area contributed by atoms with Gasteiger partial charge in [0.05, 0.1) is 11.6 Å². The molecule has 6 nitrogen and oxygen atoms in total. The van der Waals surface area contributed by atoms with Crippen molar-refractivity contribution in [1.29, 1.82) is 0 Å². The number of H-pyrrole nitrogens is 1. The third-order valence-corrected chi connectivity index (χ3v) is 2.98. The molecule has 0 bridgehead atoms. The van der Waals surface area contributed by atoms with Crippen LogP contribution in [-0.2, 0) is 0 Å². The Morgan fingerprint density at radius 1 is 1.37 bits per heavy atom. The summed E-state index contributed by atoms with van der Waals surface area (Å²) in [6, 6.07) is 7.74. The van der Waals surface area contributed by atoms with Crippen molar-refractivity contribution in [3.8, 4) is 5.75 Å². The molecular formula is C12H10BrN3O3. The highest BCUT2D eigenvalue weighted by Crippen LogP contribution is 2.27. The molecule has 1 amide bonds. The molecule has 0 spiro atoms. The quantitative estimate of drug-likeness (QED) is 0.902. The molecule has 0 saturated carbocycles. The molecule has 2 rings (SSSR count). The topological polar surface area (TPSA) is 84.1 Å². The number of halogens is 1. The summed E-state index contributed by atoms with van der Waals surface area (Å²) in [5.74, 6) is 0.188. The lowest BCUT2D eigenvalue weighted by atomic mass is 10.3. The van der Waals surface area contributed by atoms with Crippen LogP contribution >= 0.6 is 15.9 Å². The number of carbonyl (C=O) groups excluding carboxylic acids is 1. The predicted octanol–water partition coefficient (Wildman–Crippen LogP) is 1.79. The normalized spacial score (nSPS) is 10.0. The lowest BCUT2D eigenvalue weighted by molar-refractivity contribution is 0.102. The van der Waals surface area contributed by atoms with Gasteiger partial charge in [-0.05, 0) is 34.1 Å². The van der Waals surface area contributed by atoms with Crippen LogP contribution in [0.5, 0.6) is 5.75 Å². The number of anilines is 1. The first-order valence-electron chi connectivity index (χ1n) is 5.31. The van der Waals surface area contributed by atoms with E-state index in [4.69, 9.17) is 4.74 Å². The van der Waals surface area contributed by atoms with E-state index in [1.54, 1.807) is 18.2 Å². The first-order valence-corrected chi connectivity index (χ1v) is 6.10. The van der Waals surface area contributed by atoms with E-state index in [0.717, 1.165) is 4.47 Å². The number of rotatable bonds is 3. The van der Waals surface area contributed by atoms with Gasteiger partial charge in [0.25, 0.3) is 11.5 Å². The zero-order chi connectivity index (χ0) is 13.8. The second kappa shape index (κ2) is 5.66. The minimum Gasteiger partial charge on any atom is -0.495 e. The van der Waals surface area contributed by atoms with E-state index in [2.05, 4.69) is 31.4 Å². The van der Waals surface area contributed by atoms with Crippen molar-refractivity contribution >= 4 is 27.5 Å². The van der Waals surface area contributed by atoms with Gasteiger partial charge in [-0.25, -0.2) is 5.10 Å². The summed E-state index contributed by atoms with van der Waals surface area (Å²) in [6.45, 7) is 0. The second-order valence-corrected chi connectivity index (χ2v) is 4.46. The molecule has 0 aliphatic heterocycles. The zero-order valence-electron chi connectivity index (χ0n) is 9.94. The molecule has 0 aliphatic rings. The van der Waals surface area contributed by atoms with Crippen LogP contribution in [0.4, 0.5) is 5.69 Å². The molecule has 2 N–H and O–H groups in total. The van der Waals surface area contributed by atoms with Crippen molar-refractivity contribution in [2.24, 2.45) is 0 Å². The lowest BCUT2D eigenvalue weighted by Crippen LogP contribution is -2.17. The summed E-state index contributed by atoms with van der Waals surface area (Å²) in [5.41, 5.74) is 0.335. The molecule has 0 aliphatic carbocycles. The number of hydrogen-bond donors (Lipinski definition) is 2. The van der Waals surface area contributed by atoms with Crippen LogP contribution in [0.2, 0.25) is 0 Å². The molecule has 19 heavy (non-hydrogen) atoms. The number of ether oxygens (including phenoxy) is 1. The second-order valence-electron chi connectivity index (χ2n) is 3.61. The average Bonchev–Trinajstić information content (AvgIpc) is 2.41. The molecule has 1 aromatic heterocycles. The summed E-state index contributed by atoms with van der Waals surface area (Å²) in [6.07, 6.45) is 0. The number of nitrogens with zero attached hydrogens (tertiary/aromatic N) is 1. The summed E-state index contributed by atoms with van der Waals surface area (Å²) < 4.78 is 5.91. The fourth-order valence-corrected chi connectivity index (χ4v) is 1.81. The number of benzene rings is 1. The van der Waals surface area contributed by atoms with Crippen molar-refractivity contribution in [3.63, 3.8) is 0 Å². The maximum Gasteiger partial charge on any atom is 0.276 e. The summed E-state index contributed by atoms with van der Waals surface area (Å²) in [5, 5.41) is 8.50. The number of hydrogen-bond acceptors (Lipinski definition) is 4. The smallest absolute Gasteiger partial charge is 0.276 e. The van der Waals surface area contributed by atoms with Gasteiger partial charge in [-0.15, -0.1) is 0 Å². The van der Waals surface area contributed by atoms with Gasteiger partial charge in [0.1, 0.15) is 11.4 Å². The highest BCUT2D eigenvalue weighted by atomic mass is 79.9. The van der Waals surface area contributed by atoms with Gasteiger partial charge in [0.15, 0.2) is 0 Å². The first-order chi connectivity index (χ1) is 9.10. The van der Waals surface area contributed by atoms with Gasteiger partial charge in [-0.2, -0.15) is 5.10 Å². The van der Waals surface area contributed by atoms with Crippen LogP contribution in [0.25, 0.3) is 0 Å². The Bertz CT molecular complexity index is 649. The Morgan fingerprint density at radius 2 is 2.16 bits per heavy atom. The Morgan fingerprint density at radius 3 is 2.79 bits per heavy atom. The molecule has 0 saturated heterocycles. The highest BCUT2D eigenvalue weighted by molar-refractivity contribution is 9.10. The van der Waals surface area contributed by atoms with Gasteiger partial charge in [0, 0.05) is 17.8 Å². The van der Waals surface area contributed by atoms with E-state index in [1.807, 2.05) is 0 Å². The summed E-state index contributed by atoms with van der Waals surface area (Å²) >= 11 is 3.32. The molecule has 0 radical (unpaired) electrons. The molecule has 0 unspecified atom stereocenters. The van der Waals surface area contributed by atoms with Crippen LogP contribution in [0.15, 0.2) is 39.6 Å². The van der Waals surface area contributed by atoms with Gasteiger partial charge in [-0.3, -0.25) is 9.59 Å². The van der Waals surface area contributed by atoms with Crippen LogP contribution in [0.1, 0.15) is 10.5 Å². The molecule has 98 valence electrons. The van der Waals surface area contributed by atoms with Crippen molar-refractivity contribution in [2.45, 2.75) is 0 Å². The molecule has 2 aromatic rings. The SMILES string of the molecule is COc1cc(NC(=O)c2ccc(=O)[nH]n2)ccc1Br. The van der Waals surface area contributed by atoms with Gasteiger partial charge in [0.2, 0.25) is 0 Å². The standard InChI is InChI=1S/C12H10BrN3O3/c1-19-10-6-7(2-3-8(10)13)14-12(18)9-4-5-11(17)16-15-9/h2-6H,1H3,(H,14,18)(H,16,17). The van der Waals surface area contributed by atoms with E-state index in [0.29, 0.717) is 11.4 Å². The maximum atomic E-state index is 11.9.